The lowest BCUT2D eigenvalue weighted by molar-refractivity contribution is -0.139. The summed E-state index contributed by atoms with van der Waals surface area (Å²) in [5.41, 5.74) is 0.503. The van der Waals surface area contributed by atoms with E-state index >= 15 is 0 Å². The maximum Gasteiger partial charge on any atom is 0.452 e. The maximum atomic E-state index is 11.6. The van der Waals surface area contributed by atoms with Crippen LogP contribution in [0.3, 0.4) is 0 Å². The van der Waals surface area contributed by atoms with E-state index in [1.54, 1.807) is 20.8 Å². The first-order valence-corrected chi connectivity index (χ1v) is 6.80. The molecule has 118 valence electrons. The van der Waals surface area contributed by atoms with E-state index in [0.717, 1.165) is 11.6 Å². The van der Waals surface area contributed by atoms with Crippen LogP contribution < -0.4 is 0 Å². The van der Waals surface area contributed by atoms with Crippen molar-refractivity contribution in [2.75, 3.05) is 0 Å². The average Bonchev–Trinajstić information content (AvgIpc) is 2.42. The molecule has 0 radical (unpaired) electrons. The van der Waals surface area contributed by atoms with Gasteiger partial charge in [0.05, 0.1) is 5.70 Å². The first-order chi connectivity index (χ1) is 10.3. The summed E-state index contributed by atoms with van der Waals surface area (Å²) < 4.78 is 10.0. The zero-order valence-electron chi connectivity index (χ0n) is 13.2. The zero-order chi connectivity index (χ0) is 16.6. The van der Waals surface area contributed by atoms with Crippen LogP contribution in [0.1, 0.15) is 33.3 Å². The Morgan fingerprint density at radius 2 is 1.77 bits per heavy atom. The first-order valence-electron chi connectivity index (χ1n) is 6.80. The van der Waals surface area contributed by atoms with Gasteiger partial charge in [0.1, 0.15) is 12.2 Å². The van der Waals surface area contributed by atoms with Crippen molar-refractivity contribution < 1.29 is 19.1 Å². The Bertz CT molecular complexity index is 572. The number of carbonyl (C=O) groups is 2. The van der Waals surface area contributed by atoms with E-state index in [1.165, 1.54) is 6.92 Å². The van der Waals surface area contributed by atoms with Gasteiger partial charge in [-0.05, 0) is 33.3 Å². The van der Waals surface area contributed by atoms with Crippen molar-refractivity contribution in [2.24, 2.45) is 10.2 Å². The number of amides is 1. The summed E-state index contributed by atoms with van der Waals surface area (Å²) in [4.78, 5) is 22.9. The normalized spacial score (nSPS) is 12.3. The van der Waals surface area contributed by atoms with Crippen LogP contribution in [-0.2, 0) is 20.9 Å². The average molecular weight is 304 g/mol. The Balaban J connectivity index is 2.47. The van der Waals surface area contributed by atoms with Crippen LogP contribution in [-0.4, -0.2) is 17.7 Å². The monoisotopic (exact) mass is 304 g/mol. The number of carbonyl (C=O) groups excluding carboxylic acids is 2. The fourth-order valence-corrected chi connectivity index (χ4v) is 1.37. The minimum absolute atomic E-state index is 0.173. The highest BCUT2D eigenvalue weighted by atomic mass is 16.6. The minimum atomic E-state index is -0.807. The highest BCUT2D eigenvalue weighted by Crippen LogP contribution is 2.09. The van der Waals surface area contributed by atoms with Crippen LogP contribution in [0, 0.1) is 0 Å². The van der Waals surface area contributed by atoms with E-state index in [9.17, 15) is 9.59 Å². The van der Waals surface area contributed by atoms with E-state index in [2.05, 4.69) is 10.2 Å². The van der Waals surface area contributed by atoms with Crippen LogP contribution in [0.2, 0.25) is 0 Å². The quantitative estimate of drug-likeness (QED) is 0.478. The molecule has 0 aliphatic carbocycles. The van der Waals surface area contributed by atoms with E-state index < -0.39 is 17.7 Å². The molecular formula is C16H20N2O4. The third kappa shape index (κ3) is 7.94. The second kappa shape index (κ2) is 8.07. The van der Waals surface area contributed by atoms with Crippen molar-refractivity contribution in [2.45, 2.75) is 39.9 Å². The van der Waals surface area contributed by atoms with Crippen LogP contribution in [0.25, 0.3) is 0 Å². The lowest BCUT2D eigenvalue weighted by Gasteiger charge is -2.16. The fourth-order valence-electron chi connectivity index (χ4n) is 1.37. The van der Waals surface area contributed by atoms with Crippen molar-refractivity contribution >= 4 is 12.1 Å². The second-order valence-electron chi connectivity index (χ2n) is 5.56. The highest BCUT2D eigenvalue weighted by molar-refractivity contribution is 5.82. The first kappa shape index (κ1) is 17.6. The van der Waals surface area contributed by atoms with Crippen molar-refractivity contribution in [3.05, 3.63) is 47.7 Å². The molecule has 1 aromatic carbocycles. The van der Waals surface area contributed by atoms with E-state index in [0.29, 0.717) is 0 Å². The zero-order valence-corrected chi connectivity index (χ0v) is 13.2. The standard InChI is InChI=1S/C16H20N2O4/c1-12(17-18-15(20)22-16(2,3)4)10-14(19)21-11-13-8-6-5-7-9-13/h5-10H,11H2,1-4H3/b12-10+,18-17?. The highest BCUT2D eigenvalue weighted by Gasteiger charge is 2.15. The third-order valence-electron chi connectivity index (χ3n) is 2.23. The second-order valence-corrected chi connectivity index (χ2v) is 5.56. The SMILES string of the molecule is C/C(=C\C(=O)OCc1ccccc1)N=NC(=O)OC(C)(C)C. The molecule has 6 nitrogen and oxygen atoms in total. The van der Waals surface area contributed by atoms with Crippen LogP contribution >= 0.6 is 0 Å². The smallest absolute Gasteiger partial charge is 0.452 e. The molecule has 0 aromatic heterocycles. The van der Waals surface area contributed by atoms with Gasteiger partial charge >= 0.3 is 12.1 Å². The Morgan fingerprint density at radius 3 is 2.36 bits per heavy atom. The summed E-state index contributed by atoms with van der Waals surface area (Å²) in [7, 11) is 0. The summed E-state index contributed by atoms with van der Waals surface area (Å²) in [6, 6.07) is 9.31. The Morgan fingerprint density at radius 1 is 1.14 bits per heavy atom. The summed E-state index contributed by atoms with van der Waals surface area (Å²) >= 11 is 0. The van der Waals surface area contributed by atoms with Crippen molar-refractivity contribution in [1.82, 2.24) is 0 Å². The molecule has 1 aromatic rings. The molecule has 0 N–H and O–H groups in total. The topological polar surface area (TPSA) is 77.3 Å². The number of rotatable bonds is 4. The van der Waals surface area contributed by atoms with Gasteiger partial charge in [0.15, 0.2) is 0 Å². The van der Waals surface area contributed by atoms with Gasteiger partial charge in [0.25, 0.3) is 0 Å². The predicted molar refractivity (Wildman–Crippen MR) is 81.1 cm³/mol. The number of ether oxygens (including phenoxy) is 2. The Labute approximate surface area is 129 Å². The van der Waals surface area contributed by atoms with Crippen LogP contribution in [0.4, 0.5) is 4.79 Å². The summed E-state index contributed by atoms with van der Waals surface area (Å²) in [6.07, 6.45) is 0.356. The molecule has 0 spiro atoms. The summed E-state index contributed by atoms with van der Waals surface area (Å²) in [5, 5.41) is 6.98. The van der Waals surface area contributed by atoms with E-state index in [-0.39, 0.29) is 12.3 Å². The Kier molecular flexibility index (Phi) is 6.44. The van der Waals surface area contributed by atoms with E-state index in [4.69, 9.17) is 9.47 Å². The number of allylic oxidation sites excluding steroid dienone is 1. The lowest BCUT2D eigenvalue weighted by Crippen LogP contribution is -2.21. The number of hydrogen-bond donors (Lipinski definition) is 0. The minimum Gasteiger partial charge on any atom is -0.458 e. The van der Waals surface area contributed by atoms with Crippen molar-refractivity contribution in [3.63, 3.8) is 0 Å². The van der Waals surface area contributed by atoms with Gasteiger partial charge in [0.2, 0.25) is 0 Å². The molecule has 22 heavy (non-hydrogen) atoms. The number of esters is 1. The van der Waals surface area contributed by atoms with Gasteiger partial charge in [-0.2, -0.15) is 0 Å². The lowest BCUT2D eigenvalue weighted by atomic mass is 10.2. The molecule has 0 fully saturated rings. The molecule has 1 rings (SSSR count). The van der Waals surface area contributed by atoms with E-state index in [1.807, 2.05) is 30.3 Å². The molecule has 0 saturated heterocycles. The van der Waals surface area contributed by atoms with Gasteiger partial charge < -0.3 is 9.47 Å². The summed E-state index contributed by atoms with van der Waals surface area (Å²) in [5.74, 6) is -0.551. The summed E-state index contributed by atoms with van der Waals surface area (Å²) in [6.45, 7) is 6.89. The third-order valence-corrected chi connectivity index (χ3v) is 2.23. The predicted octanol–water partition coefficient (Wildman–Crippen LogP) is 4.02. The van der Waals surface area contributed by atoms with Gasteiger partial charge in [-0.15, -0.1) is 5.11 Å². The molecule has 6 heteroatoms. The molecule has 0 aliphatic rings. The molecule has 1 amide bonds. The van der Waals surface area contributed by atoms with Crippen LogP contribution in [0.15, 0.2) is 52.3 Å². The van der Waals surface area contributed by atoms with Gasteiger partial charge in [-0.1, -0.05) is 35.4 Å². The van der Waals surface area contributed by atoms with Gasteiger partial charge in [0, 0.05) is 6.08 Å². The molecule has 0 unspecified atom stereocenters. The van der Waals surface area contributed by atoms with Gasteiger partial charge in [-0.25, -0.2) is 9.59 Å². The number of benzene rings is 1. The van der Waals surface area contributed by atoms with Crippen molar-refractivity contribution in [3.8, 4) is 0 Å². The molecule has 0 heterocycles. The van der Waals surface area contributed by atoms with Crippen LogP contribution in [0.5, 0.6) is 0 Å². The van der Waals surface area contributed by atoms with Crippen molar-refractivity contribution in [1.29, 1.82) is 0 Å². The Hall–Kier alpha value is -2.50. The molecule has 0 atom stereocenters. The molecular weight excluding hydrogens is 284 g/mol. The number of hydrogen-bond acceptors (Lipinski definition) is 5. The number of azo groups is 1. The maximum absolute atomic E-state index is 11.6. The molecule has 0 bridgehead atoms. The molecule has 0 saturated carbocycles. The fraction of sp³-hybridized carbons (Fsp3) is 0.375. The number of nitrogens with zero attached hydrogens (tertiary/aromatic N) is 2. The largest absolute Gasteiger partial charge is 0.458 e. The molecule has 0 aliphatic heterocycles. The van der Waals surface area contributed by atoms with Gasteiger partial charge in [-0.3, -0.25) is 0 Å².